The molecule has 10 heavy (non-hydrogen) atoms. The van der Waals surface area contributed by atoms with E-state index in [1.54, 1.807) is 6.92 Å². The molecule has 0 heterocycles. The van der Waals surface area contributed by atoms with Gasteiger partial charge in [-0.05, 0) is 26.7 Å². The maximum atomic E-state index is 11.0. The Morgan fingerprint density at radius 1 is 1.60 bits per heavy atom. The molecule has 1 fully saturated rings. The Morgan fingerprint density at radius 2 is 2.10 bits per heavy atom. The van der Waals surface area contributed by atoms with Crippen LogP contribution in [0.1, 0.15) is 26.7 Å². The summed E-state index contributed by atoms with van der Waals surface area (Å²) in [5.41, 5.74) is 0.684. The lowest BCUT2D eigenvalue weighted by molar-refractivity contribution is -0.118. The number of hydrogen-bond acceptors (Lipinski definition) is 1. The van der Waals surface area contributed by atoms with Crippen LogP contribution in [0.25, 0.3) is 0 Å². The molecule has 2 nitrogen and oxygen atoms in total. The standard InChI is InChI=1S/C8H13NO/c1-6(2)7(10)9-8(3)4-5-8/h1,4-5H2,2-3H3,(H,9,10). The van der Waals surface area contributed by atoms with Crippen LogP contribution in [0.2, 0.25) is 0 Å². The van der Waals surface area contributed by atoms with Gasteiger partial charge in [-0.3, -0.25) is 4.79 Å². The van der Waals surface area contributed by atoms with Gasteiger partial charge in [0.2, 0.25) is 5.91 Å². The summed E-state index contributed by atoms with van der Waals surface area (Å²) in [5, 5.41) is 2.89. The van der Waals surface area contributed by atoms with Crippen molar-refractivity contribution in [3.63, 3.8) is 0 Å². The van der Waals surface area contributed by atoms with E-state index in [4.69, 9.17) is 0 Å². The Morgan fingerprint density at radius 3 is 2.40 bits per heavy atom. The zero-order chi connectivity index (χ0) is 7.78. The summed E-state index contributed by atoms with van der Waals surface area (Å²) in [7, 11) is 0. The highest BCUT2D eigenvalue weighted by Gasteiger charge is 2.38. The van der Waals surface area contributed by atoms with Crippen LogP contribution in [0.5, 0.6) is 0 Å². The van der Waals surface area contributed by atoms with Gasteiger partial charge in [0.25, 0.3) is 0 Å². The van der Waals surface area contributed by atoms with Gasteiger partial charge in [0.05, 0.1) is 0 Å². The second kappa shape index (κ2) is 2.11. The van der Waals surface area contributed by atoms with E-state index >= 15 is 0 Å². The topological polar surface area (TPSA) is 29.1 Å². The van der Waals surface area contributed by atoms with Crippen LogP contribution in [0.4, 0.5) is 0 Å². The highest BCUT2D eigenvalue weighted by atomic mass is 16.1. The van der Waals surface area contributed by atoms with E-state index in [2.05, 4.69) is 11.9 Å². The van der Waals surface area contributed by atoms with E-state index in [1.807, 2.05) is 6.92 Å². The zero-order valence-corrected chi connectivity index (χ0v) is 6.53. The molecular formula is C8H13NO. The van der Waals surface area contributed by atoms with Gasteiger partial charge >= 0.3 is 0 Å². The van der Waals surface area contributed by atoms with Crippen LogP contribution in [-0.4, -0.2) is 11.4 Å². The minimum atomic E-state index is -0.0139. The lowest BCUT2D eigenvalue weighted by Gasteiger charge is -2.10. The maximum Gasteiger partial charge on any atom is 0.246 e. The SMILES string of the molecule is C=C(C)C(=O)NC1(C)CC1. The van der Waals surface area contributed by atoms with E-state index in [0.29, 0.717) is 5.57 Å². The van der Waals surface area contributed by atoms with Crippen molar-refractivity contribution in [3.05, 3.63) is 12.2 Å². The van der Waals surface area contributed by atoms with Gasteiger partial charge in [-0.15, -0.1) is 0 Å². The zero-order valence-electron chi connectivity index (χ0n) is 6.53. The predicted octanol–water partition coefficient (Wildman–Crippen LogP) is 1.23. The number of nitrogens with one attached hydrogen (secondary N) is 1. The van der Waals surface area contributed by atoms with E-state index in [9.17, 15) is 4.79 Å². The second-order valence-corrected chi connectivity index (χ2v) is 3.30. The lowest BCUT2D eigenvalue weighted by atomic mass is 10.2. The number of hydrogen-bond donors (Lipinski definition) is 1. The molecule has 2 heteroatoms. The minimum Gasteiger partial charge on any atom is -0.347 e. The van der Waals surface area contributed by atoms with E-state index < -0.39 is 0 Å². The largest absolute Gasteiger partial charge is 0.347 e. The molecule has 1 rings (SSSR count). The summed E-state index contributed by atoms with van der Waals surface area (Å²) in [5.74, 6) is -0.0139. The van der Waals surface area contributed by atoms with Crippen molar-refractivity contribution in [3.8, 4) is 0 Å². The molecule has 0 aromatic heterocycles. The molecular weight excluding hydrogens is 126 g/mol. The third-order valence-corrected chi connectivity index (χ3v) is 1.80. The molecule has 0 aromatic rings. The molecule has 0 aromatic carbocycles. The lowest BCUT2D eigenvalue weighted by Crippen LogP contribution is -2.34. The molecule has 0 spiro atoms. The fourth-order valence-corrected chi connectivity index (χ4v) is 0.693. The molecule has 1 saturated carbocycles. The molecule has 0 radical (unpaired) electrons. The minimum absolute atomic E-state index is 0.0139. The Bertz CT molecular complexity index is 180. The van der Waals surface area contributed by atoms with Crippen molar-refractivity contribution >= 4 is 5.91 Å². The molecule has 0 saturated heterocycles. The predicted molar refractivity (Wildman–Crippen MR) is 40.6 cm³/mol. The summed E-state index contributed by atoms with van der Waals surface area (Å²) in [6.45, 7) is 7.33. The average Bonchev–Trinajstić information content (AvgIpc) is 2.47. The first kappa shape index (κ1) is 7.32. The summed E-state index contributed by atoms with van der Waals surface area (Å²) in [6, 6.07) is 0. The quantitative estimate of drug-likeness (QED) is 0.573. The Labute approximate surface area is 61.3 Å². The van der Waals surface area contributed by atoms with E-state index in [-0.39, 0.29) is 11.4 Å². The van der Waals surface area contributed by atoms with Crippen molar-refractivity contribution in [2.45, 2.75) is 32.2 Å². The number of carbonyl (C=O) groups is 1. The van der Waals surface area contributed by atoms with Crippen molar-refractivity contribution in [2.24, 2.45) is 0 Å². The Kier molecular flexibility index (Phi) is 1.55. The second-order valence-electron chi connectivity index (χ2n) is 3.30. The fraction of sp³-hybridized carbons (Fsp3) is 0.625. The molecule has 1 aliphatic rings. The van der Waals surface area contributed by atoms with Gasteiger partial charge < -0.3 is 5.32 Å². The molecule has 1 amide bonds. The Balaban J connectivity index is 2.39. The van der Waals surface area contributed by atoms with Gasteiger partial charge in [0.1, 0.15) is 0 Å². The monoisotopic (exact) mass is 139 g/mol. The molecule has 1 aliphatic carbocycles. The van der Waals surface area contributed by atoms with Crippen molar-refractivity contribution < 1.29 is 4.79 Å². The average molecular weight is 139 g/mol. The fourth-order valence-electron chi connectivity index (χ4n) is 0.693. The molecule has 1 N–H and O–H groups in total. The maximum absolute atomic E-state index is 11.0. The number of carbonyl (C=O) groups excluding carboxylic acids is 1. The van der Waals surface area contributed by atoms with Crippen molar-refractivity contribution in [1.82, 2.24) is 5.32 Å². The highest BCUT2D eigenvalue weighted by Crippen LogP contribution is 2.34. The van der Waals surface area contributed by atoms with Gasteiger partial charge in [-0.1, -0.05) is 6.58 Å². The summed E-state index contributed by atoms with van der Waals surface area (Å²) in [6.07, 6.45) is 2.21. The molecule has 56 valence electrons. The van der Waals surface area contributed by atoms with Crippen LogP contribution in [0, 0.1) is 0 Å². The number of rotatable bonds is 2. The smallest absolute Gasteiger partial charge is 0.246 e. The number of amides is 1. The molecule has 0 aliphatic heterocycles. The first-order chi connectivity index (χ1) is 4.53. The highest BCUT2D eigenvalue weighted by molar-refractivity contribution is 5.92. The molecule has 0 unspecified atom stereocenters. The summed E-state index contributed by atoms with van der Waals surface area (Å²) in [4.78, 5) is 11.0. The normalized spacial score (nSPS) is 19.8. The van der Waals surface area contributed by atoms with Crippen molar-refractivity contribution in [2.75, 3.05) is 0 Å². The molecule has 0 atom stereocenters. The van der Waals surface area contributed by atoms with E-state index in [0.717, 1.165) is 12.8 Å². The van der Waals surface area contributed by atoms with Gasteiger partial charge in [-0.25, -0.2) is 0 Å². The first-order valence-electron chi connectivity index (χ1n) is 3.51. The van der Waals surface area contributed by atoms with Crippen LogP contribution < -0.4 is 5.32 Å². The van der Waals surface area contributed by atoms with Gasteiger partial charge in [-0.2, -0.15) is 0 Å². The van der Waals surface area contributed by atoms with Crippen molar-refractivity contribution in [1.29, 1.82) is 0 Å². The first-order valence-corrected chi connectivity index (χ1v) is 3.51. The van der Waals surface area contributed by atoms with Crippen LogP contribution in [0.15, 0.2) is 12.2 Å². The van der Waals surface area contributed by atoms with Gasteiger partial charge in [0, 0.05) is 11.1 Å². The van der Waals surface area contributed by atoms with Crippen LogP contribution in [-0.2, 0) is 4.79 Å². The molecule has 0 bridgehead atoms. The third kappa shape index (κ3) is 1.59. The summed E-state index contributed by atoms with van der Waals surface area (Å²) < 4.78 is 0. The third-order valence-electron chi connectivity index (χ3n) is 1.80. The van der Waals surface area contributed by atoms with Crippen LogP contribution >= 0.6 is 0 Å². The van der Waals surface area contributed by atoms with Gasteiger partial charge in [0.15, 0.2) is 0 Å². The Hall–Kier alpha value is -0.790. The van der Waals surface area contributed by atoms with Crippen LogP contribution in [0.3, 0.4) is 0 Å². The summed E-state index contributed by atoms with van der Waals surface area (Å²) >= 11 is 0. The van der Waals surface area contributed by atoms with E-state index in [1.165, 1.54) is 0 Å².